The third-order valence-electron chi connectivity index (χ3n) is 4.55. The number of methoxy groups -OCH3 is 1. The van der Waals surface area contributed by atoms with Crippen molar-refractivity contribution in [3.8, 4) is 0 Å². The van der Waals surface area contributed by atoms with Gasteiger partial charge >= 0.3 is 5.97 Å². The molecule has 0 aliphatic carbocycles. The van der Waals surface area contributed by atoms with Crippen molar-refractivity contribution < 1.29 is 9.53 Å². The third kappa shape index (κ3) is 3.52. The number of carbonyl (C=O) groups is 1. The molecule has 1 aliphatic heterocycles. The maximum atomic E-state index is 11.6. The Morgan fingerprint density at radius 2 is 2.30 bits per heavy atom. The number of esters is 1. The topological polar surface area (TPSA) is 59.7 Å². The molecule has 6 nitrogen and oxygen atoms in total. The van der Waals surface area contributed by atoms with Gasteiger partial charge in [0.15, 0.2) is 11.5 Å². The number of nitrogens with zero attached hydrogens (tertiary/aromatic N) is 4. The molecular weight excluding hydrogens is 292 g/mol. The van der Waals surface area contributed by atoms with Gasteiger partial charge < -0.3 is 9.64 Å². The van der Waals surface area contributed by atoms with Gasteiger partial charge in [-0.2, -0.15) is 5.10 Å². The third-order valence-corrected chi connectivity index (χ3v) is 4.55. The van der Waals surface area contributed by atoms with Crippen molar-refractivity contribution in [1.29, 1.82) is 0 Å². The van der Waals surface area contributed by atoms with Gasteiger partial charge in [0, 0.05) is 25.2 Å². The van der Waals surface area contributed by atoms with Crippen LogP contribution in [0.1, 0.15) is 42.9 Å². The van der Waals surface area contributed by atoms with Gasteiger partial charge in [0.1, 0.15) is 0 Å². The van der Waals surface area contributed by atoms with Crippen LogP contribution in [-0.2, 0) is 11.2 Å². The SMILES string of the molecule is COC(=O)c1ccn2nc(CC3CCCN(C(C)C)C3)nc2c1. The van der Waals surface area contributed by atoms with Crippen molar-refractivity contribution in [3.63, 3.8) is 0 Å². The average Bonchev–Trinajstić information content (AvgIpc) is 2.95. The van der Waals surface area contributed by atoms with Crippen LogP contribution in [-0.4, -0.2) is 51.7 Å². The fourth-order valence-electron chi connectivity index (χ4n) is 3.25. The number of rotatable bonds is 4. The van der Waals surface area contributed by atoms with Gasteiger partial charge in [-0.05, 0) is 51.3 Å². The van der Waals surface area contributed by atoms with E-state index in [1.54, 1.807) is 22.8 Å². The standard InChI is InChI=1S/C17H24N4O2/c1-12(2)20-7-4-5-13(11-20)9-15-18-16-10-14(17(22)23-3)6-8-21(16)19-15/h6,8,10,12-13H,4-5,7,9,11H2,1-3H3. The lowest BCUT2D eigenvalue weighted by molar-refractivity contribution is 0.0600. The number of carbonyl (C=O) groups excluding carboxylic acids is 1. The fraction of sp³-hybridized carbons (Fsp3) is 0.588. The van der Waals surface area contributed by atoms with E-state index >= 15 is 0 Å². The summed E-state index contributed by atoms with van der Waals surface area (Å²) in [4.78, 5) is 18.7. The Morgan fingerprint density at radius 3 is 3.04 bits per heavy atom. The first-order valence-electron chi connectivity index (χ1n) is 8.24. The molecule has 3 heterocycles. The Kier molecular flexibility index (Phi) is 4.61. The molecule has 1 unspecified atom stereocenters. The number of aromatic nitrogens is 3. The smallest absolute Gasteiger partial charge is 0.338 e. The molecule has 23 heavy (non-hydrogen) atoms. The van der Waals surface area contributed by atoms with E-state index in [0.29, 0.717) is 23.2 Å². The van der Waals surface area contributed by atoms with Crippen LogP contribution in [0.25, 0.3) is 5.65 Å². The number of piperidine rings is 1. The van der Waals surface area contributed by atoms with E-state index in [9.17, 15) is 4.79 Å². The number of hydrogen-bond donors (Lipinski definition) is 0. The van der Waals surface area contributed by atoms with Crippen LogP contribution in [0, 0.1) is 5.92 Å². The summed E-state index contributed by atoms with van der Waals surface area (Å²) in [7, 11) is 1.38. The maximum absolute atomic E-state index is 11.6. The maximum Gasteiger partial charge on any atom is 0.338 e. The molecule has 0 bridgehead atoms. The minimum absolute atomic E-state index is 0.350. The molecule has 2 aromatic rings. The molecule has 0 N–H and O–H groups in total. The lowest BCUT2D eigenvalue weighted by Crippen LogP contribution is -2.40. The Labute approximate surface area is 136 Å². The molecule has 2 aromatic heterocycles. The zero-order chi connectivity index (χ0) is 16.4. The molecule has 0 radical (unpaired) electrons. The minimum Gasteiger partial charge on any atom is -0.465 e. The van der Waals surface area contributed by atoms with Gasteiger partial charge in [-0.15, -0.1) is 0 Å². The first kappa shape index (κ1) is 15.9. The van der Waals surface area contributed by atoms with E-state index < -0.39 is 0 Å². The van der Waals surface area contributed by atoms with Crippen molar-refractivity contribution in [3.05, 3.63) is 29.7 Å². The molecule has 1 atom stereocenters. The molecule has 0 spiro atoms. The molecule has 0 aromatic carbocycles. The van der Waals surface area contributed by atoms with Gasteiger partial charge in [0.2, 0.25) is 0 Å². The van der Waals surface area contributed by atoms with Gasteiger partial charge in [0.05, 0.1) is 12.7 Å². The normalized spacial score (nSPS) is 19.4. The summed E-state index contributed by atoms with van der Waals surface area (Å²) < 4.78 is 6.47. The van der Waals surface area contributed by atoms with Crippen molar-refractivity contribution in [2.75, 3.05) is 20.2 Å². The zero-order valence-corrected chi connectivity index (χ0v) is 14.0. The highest BCUT2D eigenvalue weighted by Gasteiger charge is 2.23. The molecule has 1 fully saturated rings. The van der Waals surface area contributed by atoms with Gasteiger partial charge in [-0.3, -0.25) is 0 Å². The lowest BCUT2D eigenvalue weighted by Gasteiger charge is -2.35. The number of hydrogen-bond acceptors (Lipinski definition) is 5. The van der Waals surface area contributed by atoms with Crippen molar-refractivity contribution in [2.24, 2.45) is 5.92 Å². The molecular formula is C17H24N4O2. The molecule has 1 saturated heterocycles. The highest BCUT2D eigenvalue weighted by molar-refractivity contribution is 5.90. The predicted octanol–water partition coefficient (Wildman–Crippen LogP) is 2.18. The minimum atomic E-state index is -0.350. The summed E-state index contributed by atoms with van der Waals surface area (Å²) in [5.74, 6) is 1.10. The monoisotopic (exact) mass is 316 g/mol. The molecule has 0 saturated carbocycles. The van der Waals surface area contributed by atoms with Crippen LogP contribution in [0.3, 0.4) is 0 Å². The zero-order valence-electron chi connectivity index (χ0n) is 14.0. The number of ether oxygens (including phenoxy) is 1. The Hall–Kier alpha value is -1.95. The van der Waals surface area contributed by atoms with Crippen LogP contribution in [0.4, 0.5) is 0 Å². The second-order valence-electron chi connectivity index (χ2n) is 6.54. The van der Waals surface area contributed by atoms with E-state index in [-0.39, 0.29) is 5.97 Å². The van der Waals surface area contributed by atoms with Crippen LogP contribution < -0.4 is 0 Å². The Bertz CT molecular complexity index is 695. The molecule has 3 rings (SSSR count). The lowest BCUT2D eigenvalue weighted by atomic mass is 9.94. The van der Waals surface area contributed by atoms with Crippen LogP contribution >= 0.6 is 0 Å². The van der Waals surface area contributed by atoms with Gasteiger partial charge in [-0.1, -0.05) is 0 Å². The Morgan fingerprint density at radius 1 is 1.48 bits per heavy atom. The summed E-state index contributed by atoms with van der Waals surface area (Å²) in [5.41, 5.74) is 1.20. The van der Waals surface area contributed by atoms with Gasteiger partial charge in [-0.25, -0.2) is 14.3 Å². The molecule has 1 aliphatic rings. The highest BCUT2D eigenvalue weighted by atomic mass is 16.5. The number of likely N-dealkylation sites (tertiary alicyclic amines) is 1. The summed E-state index contributed by atoms with van der Waals surface area (Å²) in [6, 6.07) is 4.02. The van der Waals surface area contributed by atoms with Crippen molar-refractivity contribution in [2.45, 2.75) is 39.2 Å². The van der Waals surface area contributed by atoms with Gasteiger partial charge in [0.25, 0.3) is 0 Å². The number of fused-ring (bicyclic) bond motifs is 1. The van der Waals surface area contributed by atoms with E-state index in [0.717, 1.165) is 18.8 Å². The van der Waals surface area contributed by atoms with Crippen molar-refractivity contribution in [1.82, 2.24) is 19.5 Å². The van der Waals surface area contributed by atoms with E-state index in [2.05, 4.69) is 28.8 Å². The summed E-state index contributed by atoms with van der Waals surface area (Å²) >= 11 is 0. The quantitative estimate of drug-likeness (QED) is 0.809. The number of pyridine rings is 1. The highest BCUT2D eigenvalue weighted by Crippen LogP contribution is 2.21. The van der Waals surface area contributed by atoms with Crippen LogP contribution in [0.15, 0.2) is 18.3 Å². The van der Waals surface area contributed by atoms with E-state index in [1.807, 2.05) is 0 Å². The predicted molar refractivity (Wildman–Crippen MR) is 87.5 cm³/mol. The second kappa shape index (κ2) is 6.66. The summed E-state index contributed by atoms with van der Waals surface area (Å²) in [5, 5.41) is 4.54. The first-order chi connectivity index (χ1) is 11.1. The summed E-state index contributed by atoms with van der Waals surface area (Å²) in [6.45, 7) is 6.80. The first-order valence-corrected chi connectivity index (χ1v) is 8.24. The average molecular weight is 316 g/mol. The second-order valence-corrected chi connectivity index (χ2v) is 6.54. The van der Waals surface area contributed by atoms with Crippen LogP contribution in [0.2, 0.25) is 0 Å². The van der Waals surface area contributed by atoms with Crippen LogP contribution in [0.5, 0.6) is 0 Å². The molecule has 124 valence electrons. The van der Waals surface area contributed by atoms with E-state index in [1.165, 1.54) is 26.5 Å². The van der Waals surface area contributed by atoms with Crippen molar-refractivity contribution >= 4 is 11.6 Å². The van der Waals surface area contributed by atoms with E-state index in [4.69, 9.17) is 4.74 Å². The fourth-order valence-corrected chi connectivity index (χ4v) is 3.25. The Balaban J connectivity index is 1.74. The largest absolute Gasteiger partial charge is 0.465 e. The molecule has 6 heteroatoms. The summed E-state index contributed by atoms with van der Waals surface area (Å²) in [6.07, 6.45) is 5.12. The molecule has 0 amide bonds.